The molecular formula is C23H34O3. The van der Waals surface area contributed by atoms with Crippen LogP contribution in [0.2, 0.25) is 0 Å². The first-order valence-corrected chi connectivity index (χ1v) is 11.8. The van der Waals surface area contributed by atoms with Crippen molar-refractivity contribution in [1.29, 1.82) is 0 Å². The molecule has 0 aromatic rings. The summed E-state index contributed by atoms with van der Waals surface area (Å²) in [6.45, 7) is 0. The lowest BCUT2D eigenvalue weighted by molar-refractivity contribution is -0.662. The Morgan fingerprint density at radius 2 is 1.27 bits per heavy atom. The van der Waals surface area contributed by atoms with E-state index >= 15 is 0 Å². The Morgan fingerprint density at radius 3 is 1.96 bits per heavy atom. The van der Waals surface area contributed by atoms with Gasteiger partial charge in [-0.05, 0) is 93.3 Å². The van der Waals surface area contributed by atoms with Crippen molar-refractivity contribution in [3.05, 3.63) is 0 Å². The molecule has 144 valence electrons. The highest BCUT2D eigenvalue weighted by Gasteiger charge is 2.80. The van der Waals surface area contributed by atoms with Gasteiger partial charge in [-0.1, -0.05) is 25.7 Å². The predicted octanol–water partition coefficient (Wildman–Crippen LogP) is 5.23. The van der Waals surface area contributed by atoms with Crippen LogP contribution in [0.5, 0.6) is 0 Å². The molecule has 0 aromatic heterocycles. The van der Waals surface area contributed by atoms with Crippen molar-refractivity contribution in [2.75, 3.05) is 0 Å². The summed E-state index contributed by atoms with van der Waals surface area (Å²) in [6, 6.07) is 0. The summed E-state index contributed by atoms with van der Waals surface area (Å²) < 4.78 is 7.12. The van der Waals surface area contributed by atoms with E-state index in [4.69, 9.17) is 14.5 Å². The predicted molar refractivity (Wildman–Crippen MR) is 97.0 cm³/mol. The highest BCUT2D eigenvalue weighted by atomic mass is 17.3. The van der Waals surface area contributed by atoms with Gasteiger partial charge in [-0.15, -0.1) is 0 Å². The lowest BCUT2D eigenvalue weighted by Gasteiger charge is -2.73. The molecule has 2 aliphatic heterocycles. The number of fused-ring (bicyclic) bond motifs is 4. The van der Waals surface area contributed by atoms with Crippen molar-refractivity contribution >= 4 is 0 Å². The second-order valence-electron chi connectivity index (χ2n) is 11.1. The van der Waals surface area contributed by atoms with Gasteiger partial charge in [0.2, 0.25) is 5.79 Å². The molecular weight excluding hydrogens is 324 g/mol. The van der Waals surface area contributed by atoms with Gasteiger partial charge in [0, 0.05) is 5.92 Å². The van der Waals surface area contributed by atoms with Crippen LogP contribution in [0.25, 0.3) is 0 Å². The molecule has 6 aliphatic carbocycles. The average molecular weight is 359 g/mol. The lowest BCUT2D eigenvalue weighted by Crippen LogP contribution is -2.83. The van der Waals surface area contributed by atoms with Crippen LogP contribution >= 0.6 is 0 Å². The molecule has 5 unspecified atom stereocenters. The van der Waals surface area contributed by atoms with Crippen molar-refractivity contribution in [2.45, 2.75) is 101 Å². The first-order chi connectivity index (χ1) is 12.8. The molecule has 3 heteroatoms. The lowest BCUT2D eigenvalue weighted by atomic mass is 9.44. The van der Waals surface area contributed by atoms with Gasteiger partial charge in [0.15, 0.2) is 5.60 Å². The van der Waals surface area contributed by atoms with Crippen LogP contribution < -0.4 is 0 Å². The summed E-state index contributed by atoms with van der Waals surface area (Å²) in [7, 11) is 0. The molecule has 0 radical (unpaired) electrons. The fourth-order valence-corrected chi connectivity index (χ4v) is 9.49. The summed E-state index contributed by atoms with van der Waals surface area (Å²) in [6.07, 6.45) is 18.4. The van der Waals surface area contributed by atoms with Crippen LogP contribution in [0.3, 0.4) is 0 Å². The Kier molecular flexibility index (Phi) is 3.20. The van der Waals surface area contributed by atoms with E-state index in [1.165, 1.54) is 83.5 Å². The molecule has 0 N–H and O–H groups in total. The molecule has 2 spiro atoms. The first kappa shape index (κ1) is 15.8. The van der Waals surface area contributed by atoms with E-state index in [1.54, 1.807) is 0 Å². The molecule has 8 aliphatic rings. The fraction of sp³-hybridized carbons (Fsp3) is 1.00. The molecule has 26 heavy (non-hydrogen) atoms. The SMILES string of the molecule is C1CCC2C(C1)OC1(OOC13C1CC4CC(C1)CC3C4)C1CCCCC21. The summed E-state index contributed by atoms with van der Waals surface area (Å²) >= 11 is 0. The molecule has 6 saturated carbocycles. The van der Waals surface area contributed by atoms with Crippen LogP contribution in [-0.2, 0) is 14.5 Å². The molecule has 2 saturated heterocycles. The summed E-state index contributed by atoms with van der Waals surface area (Å²) in [5.41, 5.74) is -0.0803. The summed E-state index contributed by atoms with van der Waals surface area (Å²) in [5, 5.41) is 0. The molecule has 3 nitrogen and oxygen atoms in total. The highest BCUT2D eigenvalue weighted by molar-refractivity contribution is 5.20. The Bertz CT molecular complexity index is 574. The third-order valence-electron chi connectivity index (χ3n) is 10.1. The zero-order valence-corrected chi connectivity index (χ0v) is 16.0. The Hall–Kier alpha value is -0.120. The zero-order chi connectivity index (χ0) is 16.9. The van der Waals surface area contributed by atoms with Gasteiger partial charge in [-0.2, -0.15) is 4.89 Å². The summed E-state index contributed by atoms with van der Waals surface area (Å²) in [5.74, 6) is 5.21. The minimum absolute atomic E-state index is 0.0803. The third kappa shape index (κ3) is 1.74. The monoisotopic (exact) mass is 358 g/mol. The Balaban J connectivity index is 1.32. The molecule has 8 fully saturated rings. The first-order valence-electron chi connectivity index (χ1n) is 11.8. The van der Waals surface area contributed by atoms with E-state index in [2.05, 4.69) is 0 Å². The maximum atomic E-state index is 7.12. The molecule has 0 amide bonds. The van der Waals surface area contributed by atoms with E-state index in [9.17, 15) is 0 Å². The standard InChI is InChI=1S/C23H34O3/c1-3-7-20-18(5-1)19-6-2-4-8-21(19)24-23(20)22(25-26-23)16-10-14-9-15(12-16)13-17(22)11-14/h14-21H,1-13H2. The van der Waals surface area contributed by atoms with Gasteiger partial charge in [-0.25, -0.2) is 4.89 Å². The van der Waals surface area contributed by atoms with Crippen LogP contribution in [-0.4, -0.2) is 17.5 Å². The maximum absolute atomic E-state index is 7.12. The Labute approximate surface area is 157 Å². The largest absolute Gasteiger partial charge is 0.341 e. The summed E-state index contributed by atoms with van der Waals surface area (Å²) in [4.78, 5) is 12.5. The van der Waals surface area contributed by atoms with Crippen molar-refractivity contribution < 1.29 is 14.5 Å². The number of ether oxygens (including phenoxy) is 1. The van der Waals surface area contributed by atoms with Crippen LogP contribution in [0.15, 0.2) is 0 Å². The molecule has 2 heterocycles. The zero-order valence-electron chi connectivity index (χ0n) is 16.0. The van der Waals surface area contributed by atoms with E-state index < -0.39 is 0 Å². The van der Waals surface area contributed by atoms with E-state index in [1.807, 2.05) is 0 Å². The second-order valence-corrected chi connectivity index (χ2v) is 11.1. The highest BCUT2D eigenvalue weighted by Crippen LogP contribution is 2.71. The van der Waals surface area contributed by atoms with Gasteiger partial charge < -0.3 is 4.74 Å². The minimum atomic E-state index is -0.376. The number of hydrogen-bond acceptors (Lipinski definition) is 3. The third-order valence-corrected chi connectivity index (χ3v) is 10.1. The topological polar surface area (TPSA) is 27.7 Å². The number of hydrogen-bond donors (Lipinski definition) is 0. The molecule has 8 rings (SSSR count). The molecule has 5 atom stereocenters. The maximum Gasteiger partial charge on any atom is 0.238 e. The normalized spacial score (nSPS) is 62.8. The Morgan fingerprint density at radius 1 is 0.615 bits per heavy atom. The minimum Gasteiger partial charge on any atom is -0.341 e. The van der Waals surface area contributed by atoms with Gasteiger partial charge in [0.05, 0.1) is 6.10 Å². The van der Waals surface area contributed by atoms with Crippen molar-refractivity contribution in [2.24, 2.45) is 41.4 Å². The van der Waals surface area contributed by atoms with Gasteiger partial charge >= 0.3 is 0 Å². The van der Waals surface area contributed by atoms with Crippen LogP contribution in [0, 0.1) is 41.4 Å². The molecule has 4 bridgehead atoms. The van der Waals surface area contributed by atoms with Crippen molar-refractivity contribution in [1.82, 2.24) is 0 Å². The molecule has 0 aromatic carbocycles. The number of rotatable bonds is 0. The van der Waals surface area contributed by atoms with Crippen LogP contribution in [0.4, 0.5) is 0 Å². The quantitative estimate of drug-likeness (QED) is 0.555. The van der Waals surface area contributed by atoms with Crippen molar-refractivity contribution in [3.8, 4) is 0 Å². The van der Waals surface area contributed by atoms with E-state index in [-0.39, 0.29) is 11.4 Å². The van der Waals surface area contributed by atoms with E-state index in [0.717, 1.165) is 23.7 Å². The van der Waals surface area contributed by atoms with Gasteiger partial charge in [0.25, 0.3) is 0 Å². The van der Waals surface area contributed by atoms with Gasteiger partial charge in [-0.3, -0.25) is 0 Å². The van der Waals surface area contributed by atoms with Crippen molar-refractivity contribution in [3.63, 3.8) is 0 Å². The van der Waals surface area contributed by atoms with E-state index in [0.29, 0.717) is 23.9 Å². The second kappa shape index (κ2) is 5.27. The fourth-order valence-electron chi connectivity index (χ4n) is 9.49. The van der Waals surface area contributed by atoms with Gasteiger partial charge in [0.1, 0.15) is 0 Å². The van der Waals surface area contributed by atoms with Crippen LogP contribution in [0.1, 0.15) is 83.5 Å². The average Bonchev–Trinajstić information content (AvgIpc) is 2.66. The smallest absolute Gasteiger partial charge is 0.238 e.